The Morgan fingerprint density at radius 2 is 2.17 bits per heavy atom. The molecular formula is C15H16O2S. The lowest BCUT2D eigenvalue weighted by molar-refractivity contribution is -0.0470. The Balaban J connectivity index is 1.97. The van der Waals surface area contributed by atoms with Crippen molar-refractivity contribution < 1.29 is 9.84 Å². The van der Waals surface area contributed by atoms with E-state index < -0.39 is 6.10 Å². The minimum atomic E-state index is -0.563. The van der Waals surface area contributed by atoms with E-state index in [2.05, 4.69) is 12.1 Å². The van der Waals surface area contributed by atoms with E-state index in [9.17, 15) is 5.11 Å². The number of hydrogen-bond donors (Lipinski definition) is 1. The quantitative estimate of drug-likeness (QED) is 0.896. The highest BCUT2D eigenvalue weighted by Gasteiger charge is 2.29. The van der Waals surface area contributed by atoms with Gasteiger partial charge >= 0.3 is 0 Å². The maximum atomic E-state index is 10.5. The van der Waals surface area contributed by atoms with Crippen molar-refractivity contribution in [2.45, 2.75) is 25.6 Å². The van der Waals surface area contributed by atoms with E-state index in [1.807, 2.05) is 30.5 Å². The maximum absolute atomic E-state index is 10.5. The third-order valence-electron chi connectivity index (χ3n) is 3.49. The summed E-state index contributed by atoms with van der Waals surface area (Å²) in [5.41, 5.74) is 3.56. The zero-order valence-corrected chi connectivity index (χ0v) is 11.1. The van der Waals surface area contributed by atoms with Gasteiger partial charge in [-0.1, -0.05) is 24.3 Å². The van der Waals surface area contributed by atoms with Gasteiger partial charge < -0.3 is 9.84 Å². The van der Waals surface area contributed by atoms with Gasteiger partial charge in [0.25, 0.3) is 0 Å². The summed E-state index contributed by atoms with van der Waals surface area (Å²) in [7, 11) is 0. The Kier molecular flexibility index (Phi) is 3.20. The van der Waals surface area contributed by atoms with Crippen LogP contribution in [0.15, 0.2) is 35.7 Å². The molecule has 2 atom stereocenters. The summed E-state index contributed by atoms with van der Waals surface area (Å²) in [6.45, 7) is 2.72. The van der Waals surface area contributed by atoms with Crippen LogP contribution < -0.4 is 0 Å². The predicted molar refractivity (Wildman–Crippen MR) is 72.9 cm³/mol. The summed E-state index contributed by atoms with van der Waals surface area (Å²) in [4.78, 5) is 1.01. The predicted octanol–water partition coefficient (Wildman–Crippen LogP) is 3.40. The number of rotatable bonds is 2. The van der Waals surface area contributed by atoms with E-state index >= 15 is 0 Å². The first kappa shape index (κ1) is 11.9. The molecule has 3 heteroatoms. The van der Waals surface area contributed by atoms with Crippen molar-refractivity contribution in [2.75, 3.05) is 6.61 Å². The Morgan fingerprint density at radius 1 is 1.33 bits per heavy atom. The van der Waals surface area contributed by atoms with Gasteiger partial charge in [0.05, 0.1) is 6.61 Å². The average molecular weight is 260 g/mol. The molecule has 2 heterocycles. The number of benzene rings is 1. The van der Waals surface area contributed by atoms with Gasteiger partial charge in [-0.05, 0) is 41.5 Å². The van der Waals surface area contributed by atoms with Crippen LogP contribution >= 0.6 is 11.3 Å². The highest BCUT2D eigenvalue weighted by atomic mass is 32.1. The van der Waals surface area contributed by atoms with Crippen molar-refractivity contribution in [2.24, 2.45) is 0 Å². The van der Waals surface area contributed by atoms with Crippen molar-refractivity contribution in [1.82, 2.24) is 0 Å². The molecule has 2 nitrogen and oxygen atoms in total. The second-order valence-corrected chi connectivity index (χ2v) is 5.60. The molecule has 1 aliphatic heterocycles. The standard InChI is InChI=1S/C15H16O2S/c1-10-7-9-18-15(10)13(16)14-12-5-3-2-4-11(12)6-8-17-14/h2-5,7,9,13-14,16H,6,8H2,1H3. The molecule has 0 amide bonds. The molecule has 1 aliphatic rings. The molecule has 0 aliphatic carbocycles. The first-order chi connectivity index (χ1) is 8.77. The van der Waals surface area contributed by atoms with Crippen molar-refractivity contribution in [3.8, 4) is 0 Å². The molecule has 3 rings (SSSR count). The molecule has 0 bridgehead atoms. The molecule has 18 heavy (non-hydrogen) atoms. The molecule has 1 N–H and O–H groups in total. The Labute approximate surface area is 111 Å². The van der Waals surface area contributed by atoms with Gasteiger partial charge in [0.1, 0.15) is 12.2 Å². The molecule has 0 saturated heterocycles. The fraction of sp³-hybridized carbons (Fsp3) is 0.333. The highest BCUT2D eigenvalue weighted by Crippen LogP contribution is 2.39. The van der Waals surface area contributed by atoms with E-state index in [0.29, 0.717) is 6.61 Å². The maximum Gasteiger partial charge on any atom is 0.119 e. The Hall–Kier alpha value is -1.16. The lowest BCUT2D eigenvalue weighted by Gasteiger charge is -2.29. The van der Waals surface area contributed by atoms with Crippen LogP contribution in [0, 0.1) is 6.92 Å². The number of ether oxygens (including phenoxy) is 1. The van der Waals surface area contributed by atoms with Crippen LogP contribution in [0.1, 0.15) is 33.8 Å². The number of thiophene rings is 1. The minimum absolute atomic E-state index is 0.229. The Morgan fingerprint density at radius 3 is 2.94 bits per heavy atom. The van der Waals surface area contributed by atoms with Gasteiger partial charge in [0, 0.05) is 4.88 Å². The zero-order valence-electron chi connectivity index (χ0n) is 10.3. The number of hydrogen-bond acceptors (Lipinski definition) is 3. The number of aliphatic hydroxyl groups excluding tert-OH is 1. The van der Waals surface area contributed by atoms with E-state index in [-0.39, 0.29) is 6.10 Å². The first-order valence-corrected chi connectivity index (χ1v) is 7.07. The van der Waals surface area contributed by atoms with Crippen LogP contribution in [0.2, 0.25) is 0 Å². The first-order valence-electron chi connectivity index (χ1n) is 6.19. The molecule has 0 radical (unpaired) electrons. The van der Waals surface area contributed by atoms with Gasteiger partial charge in [-0.2, -0.15) is 0 Å². The lowest BCUT2D eigenvalue weighted by atomic mass is 9.93. The summed E-state index contributed by atoms with van der Waals surface area (Å²) in [5.74, 6) is 0. The summed E-state index contributed by atoms with van der Waals surface area (Å²) in [5, 5.41) is 12.6. The number of fused-ring (bicyclic) bond motifs is 1. The third kappa shape index (κ3) is 1.99. The fourth-order valence-corrected chi connectivity index (χ4v) is 3.45. The van der Waals surface area contributed by atoms with E-state index in [0.717, 1.165) is 22.4 Å². The monoisotopic (exact) mass is 260 g/mol. The molecule has 94 valence electrons. The van der Waals surface area contributed by atoms with Gasteiger partial charge in [0.2, 0.25) is 0 Å². The third-order valence-corrected chi connectivity index (χ3v) is 4.58. The van der Waals surface area contributed by atoms with Crippen molar-refractivity contribution in [3.05, 3.63) is 57.3 Å². The fourth-order valence-electron chi connectivity index (χ4n) is 2.51. The lowest BCUT2D eigenvalue weighted by Crippen LogP contribution is -2.21. The average Bonchev–Trinajstić information content (AvgIpc) is 2.83. The SMILES string of the molecule is Cc1ccsc1C(O)C1OCCc2ccccc21. The van der Waals surface area contributed by atoms with Crippen LogP contribution in [0.25, 0.3) is 0 Å². The molecular weight excluding hydrogens is 244 g/mol. The Bertz CT molecular complexity index is 547. The van der Waals surface area contributed by atoms with Gasteiger partial charge in [-0.15, -0.1) is 11.3 Å². The second-order valence-electron chi connectivity index (χ2n) is 4.65. The highest BCUT2D eigenvalue weighted by molar-refractivity contribution is 7.10. The molecule has 1 aromatic carbocycles. The molecule has 0 fully saturated rings. The molecule has 1 aromatic heterocycles. The zero-order chi connectivity index (χ0) is 12.5. The van der Waals surface area contributed by atoms with Gasteiger partial charge in [-0.3, -0.25) is 0 Å². The molecule has 2 unspecified atom stereocenters. The molecule has 0 spiro atoms. The number of aryl methyl sites for hydroxylation is 1. The summed E-state index contributed by atoms with van der Waals surface area (Å²) in [6.07, 6.45) is 0.141. The van der Waals surface area contributed by atoms with Crippen molar-refractivity contribution in [3.63, 3.8) is 0 Å². The summed E-state index contributed by atoms with van der Waals surface area (Å²) >= 11 is 1.60. The topological polar surface area (TPSA) is 29.5 Å². The van der Waals surface area contributed by atoms with E-state index in [1.165, 1.54) is 5.56 Å². The van der Waals surface area contributed by atoms with Gasteiger partial charge in [0.15, 0.2) is 0 Å². The van der Waals surface area contributed by atoms with Crippen LogP contribution in [0.4, 0.5) is 0 Å². The summed E-state index contributed by atoms with van der Waals surface area (Å²) < 4.78 is 5.80. The van der Waals surface area contributed by atoms with Crippen LogP contribution in [0.3, 0.4) is 0 Å². The van der Waals surface area contributed by atoms with E-state index in [1.54, 1.807) is 11.3 Å². The second kappa shape index (κ2) is 4.84. The number of aliphatic hydroxyl groups is 1. The van der Waals surface area contributed by atoms with Crippen LogP contribution in [0.5, 0.6) is 0 Å². The van der Waals surface area contributed by atoms with E-state index in [4.69, 9.17) is 4.74 Å². The van der Waals surface area contributed by atoms with Crippen LogP contribution in [-0.4, -0.2) is 11.7 Å². The minimum Gasteiger partial charge on any atom is -0.384 e. The smallest absolute Gasteiger partial charge is 0.119 e. The molecule has 2 aromatic rings. The van der Waals surface area contributed by atoms with Crippen LogP contribution in [-0.2, 0) is 11.2 Å². The van der Waals surface area contributed by atoms with Crippen molar-refractivity contribution in [1.29, 1.82) is 0 Å². The molecule has 0 saturated carbocycles. The summed E-state index contributed by atoms with van der Waals surface area (Å²) in [6, 6.07) is 10.3. The van der Waals surface area contributed by atoms with Crippen molar-refractivity contribution >= 4 is 11.3 Å². The van der Waals surface area contributed by atoms with Gasteiger partial charge in [-0.25, -0.2) is 0 Å². The normalized spacial score (nSPS) is 20.4. The largest absolute Gasteiger partial charge is 0.384 e.